The van der Waals surface area contributed by atoms with Crippen LogP contribution < -0.4 is 10.1 Å². The van der Waals surface area contributed by atoms with Crippen molar-refractivity contribution in [2.45, 2.75) is 45.2 Å². The standard InChI is InChI=1S/C23H28Cl2N2O3S/c1-15(2)26-23(29)16(3)27(12-17-6-5-7-20(10-17)30-4)22(28)14-31-13-18-8-9-19(24)11-21(18)25/h5-11,15-16H,12-14H2,1-4H3,(H,26,29)/t16-/m0/s1. The molecule has 5 nitrogen and oxygen atoms in total. The number of nitrogens with zero attached hydrogens (tertiary/aromatic N) is 1. The molecule has 2 aromatic carbocycles. The molecule has 0 spiro atoms. The van der Waals surface area contributed by atoms with Gasteiger partial charge in [-0.3, -0.25) is 9.59 Å². The molecule has 2 rings (SSSR count). The van der Waals surface area contributed by atoms with Gasteiger partial charge in [0.25, 0.3) is 0 Å². The normalized spacial score (nSPS) is 11.8. The zero-order valence-corrected chi connectivity index (χ0v) is 20.5. The maximum absolute atomic E-state index is 13.1. The van der Waals surface area contributed by atoms with E-state index >= 15 is 0 Å². The van der Waals surface area contributed by atoms with Gasteiger partial charge in [0.1, 0.15) is 11.8 Å². The summed E-state index contributed by atoms with van der Waals surface area (Å²) in [7, 11) is 1.60. The summed E-state index contributed by atoms with van der Waals surface area (Å²) in [5.74, 6) is 1.20. The fourth-order valence-corrected chi connectivity index (χ4v) is 4.39. The Balaban J connectivity index is 2.11. The number of amides is 2. The van der Waals surface area contributed by atoms with Crippen LogP contribution in [0.4, 0.5) is 0 Å². The third kappa shape index (κ3) is 7.95. The summed E-state index contributed by atoms with van der Waals surface area (Å²) in [4.78, 5) is 27.3. The first-order valence-corrected chi connectivity index (χ1v) is 11.9. The van der Waals surface area contributed by atoms with Crippen molar-refractivity contribution in [3.05, 3.63) is 63.6 Å². The highest BCUT2D eigenvalue weighted by atomic mass is 35.5. The van der Waals surface area contributed by atoms with Crippen molar-refractivity contribution in [3.8, 4) is 5.75 Å². The molecule has 0 aliphatic rings. The molecular formula is C23H28Cl2N2O3S. The number of hydrogen-bond donors (Lipinski definition) is 1. The van der Waals surface area contributed by atoms with Crippen molar-refractivity contribution in [1.29, 1.82) is 0 Å². The SMILES string of the molecule is COc1cccc(CN(C(=O)CSCc2ccc(Cl)cc2Cl)[C@@H](C)C(=O)NC(C)C)c1. The van der Waals surface area contributed by atoms with Crippen LogP contribution in [0.1, 0.15) is 31.9 Å². The molecule has 0 aromatic heterocycles. The highest BCUT2D eigenvalue weighted by Crippen LogP contribution is 2.25. The van der Waals surface area contributed by atoms with Crippen LogP contribution in [0.15, 0.2) is 42.5 Å². The van der Waals surface area contributed by atoms with Crippen molar-refractivity contribution < 1.29 is 14.3 Å². The van der Waals surface area contributed by atoms with E-state index < -0.39 is 6.04 Å². The Morgan fingerprint density at radius 3 is 2.52 bits per heavy atom. The lowest BCUT2D eigenvalue weighted by Crippen LogP contribution is -2.49. The number of benzene rings is 2. The largest absolute Gasteiger partial charge is 0.497 e. The summed E-state index contributed by atoms with van der Waals surface area (Å²) < 4.78 is 5.28. The van der Waals surface area contributed by atoms with Gasteiger partial charge in [0, 0.05) is 28.4 Å². The number of methoxy groups -OCH3 is 1. The van der Waals surface area contributed by atoms with E-state index in [1.807, 2.05) is 44.2 Å². The summed E-state index contributed by atoms with van der Waals surface area (Å²) in [5.41, 5.74) is 1.80. The van der Waals surface area contributed by atoms with Crippen LogP contribution in [0.25, 0.3) is 0 Å². The van der Waals surface area contributed by atoms with E-state index in [2.05, 4.69) is 5.32 Å². The first-order chi connectivity index (χ1) is 14.7. The highest BCUT2D eigenvalue weighted by molar-refractivity contribution is 7.99. The molecule has 0 bridgehead atoms. The molecule has 0 saturated heterocycles. The van der Waals surface area contributed by atoms with Crippen LogP contribution in [0.2, 0.25) is 10.0 Å². The molecule has 1 N–H and O–H groups in total. The van der Waals surface area contributed by atoms with Crippen LogP contribution in [0, 0.1) is 0 Å². The third-order valence-electron chi connectivity index (χ3n) is 4.58. The van der Waals surface area contributed by atoms with Gasteiger partial charge in [-0.15, -0.1) is 11.8 Å². The fraction of sp³-hybridized carbons (Fsp3) is 0.391. The van der Waals surface area contributed by atoms with E-state index in [0.29, 0.717) is 28.1 Å². The lowest BCUT2D eigenvalue weighted by molar-refractivity contribution is -0.138. The lowest BCUT2D eigenvalue weighted by Gasteiger charge is -2.29. The molecule has 8 heteroatoms. The fourth-order valence-electron chi connectivity index (χ4n) is 2.93. The van der Waals surface area contributed by atoms with Gasteiger partial charge in [0.15, 0.2) is 0 Å². The Bertz CT molecular complexity index is 908. The van der Waals surface area contributed by atoms with E-state index in [0.717, 1.165) is 11.1 Å². The number of halogens is 2. The Labute approximate surface area is 198 Å². The topological polar surface area (TPSA) is 58.6 Å². The van der Waals surface area contributed by atoms with Gasteiger partial charge < -0.3 is 15.0 Å². The average molecular weight is 483 g/mol. The molecule has 1 atom stereocenters. The van der Waals surface area contributed by atoms with Crippen molar-refractivity contribution >= 4 is 46.8 Å². The third-order valence-corrected chi connectivity index (χ3v) is 6.14. The number of rotatable bonds is 10. The van der Waals surface area contributed by atoms with Gasteiger partial charge in [0.05, 0.1) is 12.9 Å². The molecule has 0 aliphatic carbocycles. The van der Waals surface area contributed by atoms with Crippen molar-refractivity contribution in [1.82, 2.24) is 10.2 Å². The highest BCUT2D eigenvalue weighted by Gasteiger charge is 2.26. The molecule has 0 unspecified atom stereocenters. The van der Waals surface area contributed by atoms with Crippen LogP contribution in [-0.4, -0.2) is 41.7 Å². The number of hydrogen-bond acceptors (Lipinski definition) is 4. The lowest BCUT2D eigenvalue weighted by atomic mass is 10.1. The molecule has 0 saturated carbocycles. The van der Waals surface area contributed by atoms with E-state index in [9.17, 15) is 9.59 Å². The second-order valence-corrected chi connectivity index (χ2v) is 9.27. The Morgan fingerprint density at radius 1 is 1.13 bits per heavy atom. The molecule has 0 heterocycles. The van der Waals surface area contributed by atoms with Gasteiger partial charge in [-0.2, -0.15) is 0 Å². The smallest absolute Gasteiger partial charge is 0.242 e. The van der Waals surface area contributed by atoms with E-state index in [-0.39, 0.29) is 23.6 Å². The number of carbonyl (C=O) groups excluding carboxylic acids is 2. The molecule has 0 radical (unpaired) electrons. The quantitative estimate of drug-likeness (QED) is 0.506. The van der Waals surface area contributed by atoms with Crippen molar-refractivity contribution in [2.24, 2.45) is 0 Å². The maximum atomic E-state index is 13.1. The monoisotopic (exact) mass is 482 g/mol. The van der Waals surface area contributed by atoms with E-state index in [1.54, 1.807) is 31.1 Å². The Morgan fingerprint density at radius 2 is 1.87 bits per heavy atom. The summed E-state index contributed by atoms with van der Waals surface area (Å²) in [6, 6.07) is 12.2. The minimum atomic E-state index is -0.610. The molecule has 0 aliphatic heterocycles. The summed E-state index contributed by atoms with van der Waals surface area (Å²) in [6.07, 6.45) is 0. The molecule has 2 amide bonds. The second kappa shape index (κ2) is 12.2. The Kier molecular flexibility index (Phi) is 10.0. The average Bonchev–Trinajstić information content (AvgIpc) is 2.72. The number of thioether (sulfide) groups is 1. The first-order valence-electron chi connectivity index (χ1n) is 9.95. The van der Waals surface area contributed by atoms with Gasteiger partial charge in [-0.25, -0.2) is 0 Å². The predicted octanol–water partition coefficient (Wildman–Crippen LogP) is 5.18. The van der Waals surface area contributed by atoms with Gasteiger partial charge in [0.2, 0.25) is 11.8 Å². The summed E-state index contributed by atoms with van der Waals surface area (Å²) in [5, 5.41) is 4.03. The van der Waals surface area contributed by atoms with Crippen LogP contribution in [0.5, 0.6) is 5.75 Å². The zero-order valence-electron chi connectivity index (χ0n) is 18.2. The van der Waals surface area contributed by atoms with E-state index in [4.69, 9.17) is 27.9 Å². The zero-order chi connectivity index (χ0) is 23.0. The molecule has 31 heavy (non-hydrogen) atoms. The molecular weight excluding hydrogens is 455 g/mol. The van der Waals surface area contributed by atoms with Crippen LogP contribution >= 0.6 is 35.0 Å². The van der Waals surface area contributed by atoms with Gasteiger partial charge in [-0.05, 0) is 56.2 Å². The van der Waals surface area contributed by atoms with Crippen molar-refractivity contribution in [2.75, 3.05) is 12.9 Å². The van der Waals surface area contributed by atoms with Gasteiger partial charge in [-0.1, -0.05) is 41.4 Å². The van der Waals surface area contributed by atoms with Crippen molar-refractivity contribution in [3.63, 3.8) is 0 Å². The minimum Gasteiger partial charge on any atom is -0.497 e. The number of carbonyl (C=O) groups is 2. The first kappa shape index (κ1) is 25.4. The predicted molar refractivity (Wildman–Crippen MR) is 129 cm³/mol. The van der Waals surface area contributed by atoms with Crippen LogP contribution in [-0.2, 0) is 21.9 Å². The number of nitrogens with one attached hydrogen (secondary N) is 1. The summed E-state index contributed by atoms with van der Waals surface area (Å²) in [6.45, 7) is 5.84. The Hall–Kier alpha value is -1.89. The molecule has 168 valence electrons. The number of ether oxygens (including phenoxy) is 1. The minimum absolute atomic E-state index is 0.00913. The maximum Gasteiger partial charge on any atom is 0.242 e. The van der Waals surface area contributed by atoms with Gasteiger partial charge >= 0.3 is 0 Å². The molecule has 2 aromatic rings. The molecule has 0 fully saturated rings. The second-order valence-electron chi connectivity index (χ2n) is 7.44. The van der Waals surface area contributed by atoms with Crippen LogP contribution in [0.3, 0.4) is 0 Å². The van der Waals surface area contributed by atoms with E-state index in [1.165, 1.54) is 11.8 Å². The summed E-state index contributed by atoms with van der Waals surface area (Å²) >= 11 is 13.6.